The maximum Gasteiger partial charge on any atom is 0.230 e. The van der Waals surface area contributed by atoms with Crippen molar-refractivity contribution in [2.24, 2.45) is 5.92 Å². The van der Waals surface area contributed by atoms with Crippen LogP contribution in [0.25, 0.3) is 0 Å². The van der Waals surface area contributed by atoms with Crippen LogP contribution in [0, 0.1) is 5.92 Å². The SMILES string of the molecule is CC(C)(C)c1ccc(SCC(=O)NC2CCN(C(=O)C3CCCCC3)CC2)cc1. The van der Waals surface area contributed by atoms with Crippen molar-refractivity contribution in [3.8, 4) is 0 Å². The lowest BCUT2D eigenvalue weighted by Crippen LogP contribution is -2.48. The molecule has 5 heteroatoms. The molecule has 4 nitrogen and oxygen atoms in total. The average Bonchev–Trinajstić information content (AvgIpc) is 2.72. The van der Waals surface area contributed by atoms with Gasteiger partial charge in [-0.15, -0.1) is 11.8 Å². The highest BCUT2D eigenvalue weighted by molar-refractivity contribution is 8.00. The van der Waals surface area contributed by atoms with Crippen LogP contribution < -0.4 is 5.32 Å². The Kier molecular flexibility index (Phi) is 7.66. The van der Waals surface area contributed by atoms with Gasteiger partial charge >= 0.3 is 0 Å². The second-order valence-electron chi connectivity index (χ2n) is 9.57. The fraction of sp³-hybridized carbons (Fsp3) is 0.667. The molecule has 1 aliphatic heterocycles. The summed E-state index contributed by atoms with van der Waals surface area (Å²) in [5, 5.41) is 3.17. The molecule has 1 N–H and O–H groups in total. The van der Waals surface area contributed by atoms with Crippen LogP contribution in [0.5, 0.6) is 0 Å². The molecule has 0 spiro atoms. The maximum absolute atomic E-state index is 12.7. The van der Waals surface area contributed by atoms with Crippen LogP contribution in [0.3, 0.4) is 0 Å². The normalized spacial score (nSPS) is 19.2. The highest BCUT2D eigenvalue weighted by Gasteiger charge is 2.29. The first-order valence-electron chi connectivity index (χ1n) is 11.1. The fourth-order valence-corrected chi connectivity index (χ4v) is 5.03. The molecule has 1 saturated carbocycles. The Labute approximate surface area is 180 Å². The zero-order valence-corrected chi connectivity index (χ0v) is 19.0. The Balaban J connectivity index is 1.38. The van der Waals surface area contributed by atoms with Crippen molar-refractivity contribution in [3.05, 3.63) is 29.8 Å². The van der Waals surface area contributed by atoms with E-state index in [1.54, 1.807) is 11.8 Å². The summed E-state index contributed by atoms with van der Waals surface area (Å²) in [7, 11) is 0. The molecule has 29 heavy (non-hydrogen) atoms. The summed E-state index contributed by atoms with van der Waals surface area (Å²) in [6, 6.07) is 8.71. The minimum Gasteiger partial charge on any atom is -0.353 e. The van der Waals surface area contributed by atoms with Gasteiger partial charge in [-0.1, -0.05) is 52.2 Å². The first-order chi connectivity index (χ1) is 13.8. The number of amides is 2. The lowest BCUT2D eigenvalue weighted by atomic mass is 9.87. The second kappa shape index (κ2) is 10.0. The molecule has 0 atom stereocenters. The van der Waals surface area contributed by atoms with E-state index < -0.39 is 0 Å². The minimum atomic E-state index is 0.0898. The third-order valence-corrected chi connectivity index (χ3v) is 7.23. The van der Waals surface area contributed by atoms with Crippen LogP contribution >= 0.6 is 11.8 Å². The molecule has 2 amide bonds. The molecule has 3 rings (SSSR count). The molecule has 2 fully saturated rings. The minimum absolute atomic E-state index is 0.0898. The van der Waals surface area contributed by atoms with Crippen LogP contribution in [-0.2, 0) is 15.0 Å². The first-order valence-corrected chi connectivity index (χ1v) is 12.1. The lowest BCUT2D eigenvalue weighted by molar-refractivity contribution is -0.137. The summed E-state index contributed by atoms with van der Waals surface area (Å²) in [6.07, 6.45) is 7.52. The van der Waals surface area contributed by atoms with Crippen molar-refractivity contribution < 1.29 is 9.59 Å². The zero-order chi connectivity index (χ0) is 20.9. The zero-order valence-electron chi connectivity index (χ0n) is 18.2. The lowest BCUT2D eigenvalue weighted by Gasteiger charge is -2.35. The second-order valence-corrected chi connectivity index (χ2v) is 10.6. The molecule has 1 saturated heterocycles. The highest BCUT2D eigenvalue weighted by Crippen LogP contribution is 2.27. The van der Waals surface area contributed by atoms with E-state index >= 15 is 0 Å². The van der Waals surface area contributed by atoms with E-state index in [2.05, 4.69) is 50.4 Å². The Bertz CT molecular complexity index is 682. The molecular formula is C24H36N2O2S. The largest absolute Gasteiger partial charge is 0.353 e. The van der Waals surface area contributed by atoms with Crippen molar-refractivity contribution in [3.63, 3.8) is 0 Å². The highest BCUT2D eigenvalue weighted by atomic mass is 32.2. The number of likely N-dealkylation sites (tertiary alicyclic amines) is 1. The number of hydrogen-bond donors (Lipinski definition) is 1. The van der Waals surface area contributed by atoms with Crippen molar-refractivity contribution >= 4 is 23.6 Å². The van der Waals surface area contributed by atoms with Gasteiger partial charge in [0, 0.05) is 29.9 Å². The average molecular weight is 417 g/mol. The molecule has 1 aromatic carbocycles. The molecule has 1 heterocycles. The summed E-state index contributed by atoms with van der Waals surface area (Å²) in [5.74, 6) is 1.13. The first kappa shape index (κ1) is 22.2. The van der Waals surface area contributed by atoms with Gasteiger partial charge < -0.3 is 10.2 Å². The number of hydrogen-bond acceptors (Lipinski definition) is 3. The number of thioether (sulfide) groups is 1. The topological polar surface area (TPSA) is 49.4 Å². The number of nitrogens with zero attached hydrogens (tertiary/aromatic N) is 1. The quantitative estimate of drug-likeness (QED) is 0.704. The van der Waals surface area contributed by atoms with Crippen molar-refractivity contribution in [2.45, 2.75) is 82.1 Å². The summed E-state index contributed by atoms with van der Waals surface area (Å²) in [6.45, 7) is 8.17. The van der Waals surface area contributed by atoms with E-state index in [9.17, 15) is 9.59 Å². The van der Waals surface area contributed by atoms with Gasteiger partial charge in [-0.25, -0.2) is 0 Å². The Morgan fingerprint density at radius 3 is 2.21 bits per heavy atom. The number of nitrogens with one attached hydrogen (secondary N) is 1. The number of carbonyl (C=O) groups excluding carboxylic acids is 2. The molecule has 160 valence electrons. The van der Waals surface area contributed by atoms with Gasteiger partial charge in [0.25, 0.3) is 0 Å². The third-order valence-electron chi connectivity index (χ3n) is 6.22. The van der Waals surface area contributed by atoms with Crippen molar-refractivity contribution in [1.82, 2.24) is 10.2 Å². The summed E-state index contributed by atoms with van der Waals surface area (Å²) < 4.78 is 0. The molecular weight excluding hydrogens is 380 g/mol. The van der Waals surface area contributed by atoms with Gasteiger partial charge in [-0.05, 0) is 48.8 Å². The number of benzene rings is 1. The van der Waals surface area contributed by atoms with Crippen molar-refractivity contribution in [1.29, 1.82) is 0 Å². The predicted molar refractivity (Wildman–Crippen MR) is 120 cm³/mol. The predicted octanol–water partition coefficient (Wildman–Crippen LogP) is 4.76. The number of rotatable bonds is 5. The van der Waals surface area contributed by atoms with Gasteiger partial charge in [0.2, 0.25) is 11.8 Å². The summed E-state index contributed by atoms with van der Waals surface area (Å²) in [5.41, 5.74) is 1.45. The van der Waals surface area contributed by atoms with E-state index in [0.29, 0.717) is 11.7 Å². The van der Waals surface area contributed by atoms with E-state index in [1.165, 1.54) is 24.8 Å². The van der Waals surface area contributed by atoms with Gasteiger partial charge in [-0.3, -0.25) is 9.59 Å². The van der Waals surface area contributed by atoms with Crippen molar-refractivity contribution in [2.75, 3.05) is 18.8 Å². The smallest absolute Gasteiger partial charge is 0.230 e. The Morgan fingerprint density at radius 2 is 1.62 bits per heavy atom. The molecule has 0 aromatic heterocycles. The number of carbonyl (C=O) groups is 2. The van der Waals surface area contributed by atoms with Crippen LogP contribution in [-0.4, -0.2) is 41.6 Å². The van der Waals surface area contributed by atoms with Crippen LogP contribution in [0.1, 0.15) is 71.3 Å². The molecule has 0 bridgehead atoms. The van der Waals surface area contributed by atoms with Gasteiger partial charge in [-0.2, -0.15) is 0 Å². The molecule has 0 radical (unpaired) electrons. The van der Waals surface area contributed by atoms with Crippen LogP contribution in [0.2, 0.25) is 0 Å². The molecule has 2 aliphatic rings. The summed E-state index contributed by atoms with van der Waals surface area (Å²) in [4.78, 5) is 28.2. The van der Waals surface area contributed by atoms with Gasteiger partial charge in [0.15, 0.2) is 0 Å². The van der Waals surface area contributed by atoms with E-state index in [1.807, 2.05) is 4.90 Å². The molecule has 1 aromatic rings. The van der Waals surface area contributed by atoms with Gasteiger partial charge in [0.1, 0.15) is 0 Å². The van der Waals surface area contributed by atoms with Crippen LogP contribution in [0.15, 0.2) is 29.2 Å². The van der Waals surface area contributed by atoms with Crippen LogP contribution in [0.4, 0.5) is 0 Å². The Morgan fingerprint density at radius 1 is 1.00 bits per heavy atom. The molecule has 1 aliphatic carbocycles. The van der Waals surface area contributed by atoms with Gasteiger partial charge in [0.05, 0.1) is 5.75 Å². The third kappa shape index (κ3) is 6.50. The van der Waals surface area contributed by atoms with E-state index in [0.717, 1.165) is 43.7 Å². The Hall–Kier alpha value is -1.49. The standard InChI is InChI=1S/C24H36N2O2S/c1-24(2,3)19-9-11-21(12-10-19)29-17-22(27)25-20-13-15-26(16-14-20)23(28)18-7-5-4-6-8-18/h9-12,18,20H,4-8,13-17H2,1-3H3,(H,25,27). The molecule has 0 unspecified atom stereocenters. The monoisotopic (exact) mass is 416 g/mol. The van der Waals surface area contributed by atoms with E-state index in [-0.39, 0.29) is 23.3 Å². The fourth-order valence-electron chi connectivity index (χ4n) is 4.32. The maximum atomic E-state index is 12.7. The summed E-state index contributed by atoms with van der Waals surface area (Å²) >= 11 is 1.58. The van der Waals surface area contributed by atoms with E-state index in [4.69, 9.17) is 0 Å². The number of piperidine rings is 1.